The Morgan fingerprint density at radius 2 is 0.793 bits per heavy atom. The molecule has 0 heterocycles. The summed E-state index contributed by atoms with van der Waals surface area (Å²) in [5.41, 5.74) is -0.0440. The van der Waals surface area contributed by atoms with Crippen LogP contribution in [0.5, 0.6) is 0 Å². The highest BCUT2D eigenvalue weighted by atomic mass is 35.6. The molecule has 15 heteroatoms. The maximum absolute atomic E-state index is 6.37. The van der Waals surface area contributed by atoms with Crippen molar-refractivity contribution in [1.29, 1.82) is 0 Å². The number of rotatable bonds is 4. The molecular formula is C14H6Cl15. The van der Waals surface area contributed by atoms with Crippen molar-refractivity contribution in [1.82, 2.24) is 0 Å². The molecule has 0 aliphatic carbocycles. The Morgan fingerprint density at radius 3 is 1.00 bits per heavy atom. The van der Waals surface area contributed by atoms with Crippen molar-refractivity contribution in [2.75, 3.05) is 0 Å². The van der Waals surface area contributed by atoms with Gasteiger partial charge in [-0.3, -0.25) is 0 Å². The average Bonchev–Trinajstić information content (AvgIpc) is 2.49. The smallest absolute Gasteiger partial charge is 0.0915 e. The first kappa shape index (κ1) is 30.6. The van der Waals surface area contributed by atoms with Crippen LogP contribution in [0.1, 0.15) is 29.2 Å². The maximum atomic E-state index is 6.37. The first-order valence-corrected chi connectivity index (χ1v) is 12.5. The van der Waals surface area contributed by atoms with Crippen molar-refractivity contribution in [3.05, 3.63) is 40.8 Å². The van der Waals surface area contributed by atoms with Gasteiger partial charge in [-0.05, 0) is 40.8 Å². The van der Waals surface area contributed by atoms with Gasteiger partial charge in [0.1, 0.15) is 0 Å². The molecule has 0 unspecified atom stereocenters. The minimum atomic E-state index is -2.26. The number of halogens is 15. The minimum Gasteiger partial charge on any atom is -0.0915 e. The van der Waals surface area contributed by atoms with Crippen molar-refractivity contribution in [2.24, 2.45) is 0 Å². The molecule has 0 bridgehead atoms. The third-order valence-corrected chi connectivity index (χ3v) is 10.8. The lowest BCUT2D eigenvalue weighted by Crippen LogP contribution is -2.36. The molecular weight excluding hydrogens is 700 g/mol. The second kappa shape index (κ2) is 9.91. The minimum absolute atomic E-state index is 0.0596. The Balaban J connectivity index is 4.16. The second-order valence-electron chi connectivity index (χ2n) is 5.49. The van der Waals surface area contributed by atoms with Crippen LogP contribution in [-0.4, -0.2) is 11.4 Å². The topological polar surface area (TPSA) is 0 Å². The van der Waals surface area contributed by atoms with E-state index in [1.54, 1.807) is 6.92 Å². The van der Waals surface area contributed by atoms with Crippen molar-refractivity contribution in [3.8, 4) is 0 Å². The molecule has 0 aliphatic rings. The van der Waals surface area contributed by atoms with Crippen molar-refractivity contribution >= 4 is 174 Å². The molecule has 0 aliphatic heterocycles. The second-order valence-corrected chi connectivity index (χ2v) is 16.3. The summed E-state index contributed by atoms with van der Waals surface area (Å²) in [5, 5.41) is 0. The molecule has 0 saturated carbocycles. The summed E-state index contributed by atoms with van der Waals surface area (Å²) in [5.74, 6) is 0. The lowest BCUT2D eigenvalue weighted by atomic mass is 9.90. The van der Waals surface area contributed by atoms with Crippen LogP contribution in [0.3, 0.4) is 0 Å². The number of hydrogen-bond donors (Lipinski definition) is 0. The predicted octanol–water partition coefficient (Wildman–Crippen LogP) is 11.3. The quantitative estimate of drug-likeness (QED) is 0.274. The molecule has 0 spiro atoms. The third kappa shape index (κ3) is 6.23. The van der Waals surface area contributed by atoms with E-state index in [2.05, 4.69) is 0 Å². The first-order chi connectivity index (χ1) is 12.5. The molecule has 0 amide bonds. The van der Waals surface area contributed by atoms with E-state index in [4.69, 9.17) is 174 Å². The molecule has 0 atom stereocenters. The summed E-state index contributed by atoms with van der Waals surface area (Å²) in [6.07, 6.45) is 1.49. The summed E-state index contributed by atoms with van der Waals surface area (Å²) in [4.78, 5) is 0. The van der Waals surface area contributed by atoms with Gasteiger partial charge in [0.15, 0.2) is 13.0 Å². The van der Waals surface area contributed by atoms with Crippen LogP contribution in [0.15, 0.2) is 12.1 Å². The summed E-state index contributed by atoms with van der Waals surface area (Å²) in [6.45, 7) is 1.58. The van der Waals surface area contributed by atoms with E-state index in [-0.39, 0.29) is 22.3 Å². The van der Waals surface area contributed by atoms with E-state index in [0.29, 0.717) is 0 Å². The van der Waals surface area contributed by atoms with E-state index < -0.39 is 24.4 Å². The standard InChI is InChI=1S/C14H6Cl15/c1-2-6-7(10(17,18)13(24,25)26)3-5(9(15,16)12(21,22)23)4-8(6)11(19,20)14(27,28)29/h2-4H,1H3. The highest BCUT2D eigenvalue weighted by molar-refractivity contribution is 6.77. The van der Waals surface area contributed by atoms with Gasteiger partial charge in [-0.25, -0.2) is 0 Å². The number of hydrogen-bond acceptors (Lipinski definition) is 0. The first-order valence-electron chi connectivity index (χ1n) is 6.86. The van der Waals surface area contributed by atoms with E-state index >= 15 is 0 Å². The van der Waals surface area contributed by atoms with Gasteiger partial charge in [0.25, 0.3) is 0 Å². The SMILES string of the molecule is C[CH]c1c(C(Cl)(Cl)C(Cl)(Cl)Cl)cc(C(Cl)(Cl)C(Cl)(Cl)Cl)cc1C(Cl)(Cl)C(Cl)(Cl)Cl. The van der Waals surface area contributed by atoms with Crippen LogP contribution in [0, 0.1) is 6.42 Å². The molecule has 1 radical (unpaired) electrons. The molecule has 0 fully saturated rings. The zero-order valence-corrected chi connectivity index (χ0v) is 24.7. The average molecular weight is 706 g/mol. The highest BCUT2D eigenvalue weighted by Gasteiger charge is 2.55. The predicted molar refractivity (Wildman–Crippen MR) is 137 cm³/mol. The molecule has 1 aromatic rings. The Labute approximate surface area is 243 Å². The normalized spacial score (nSPS) is 15.0. The van der Waals surface area contributed by atoms with Crippen LogP contribution in [-0.2, 0) is 13.0 Å². The summed E-state index contributed by atoms with van der Waals surface area (Å²) in [7, 11) is 0. The van der Waals surface area contributed by atoms with E-state index in [1.165, 1.54) is 18.6 Å². The highest BCUT2D eigenvalue weighted by Crippen LogP contribution is 2.61. The van der Waals surface area contributed by atoms with E-state index in [1.807, 2.05) is 0 Å². The molecule has 0 saturated heterocycles. The van der Waals surface area contributed by atoms with Gasteiger partial charge >= 0.3 is 0 Å². The number of benzene rings is 1. The Hall–Kier alpha value is 3.57. The molecule has 0 nitrogen and oxygen atoms in total. The lowest BCUT2D eigenvalue weighted by molar-refractivity contribution is 0.805. The largest absolute Gasteiger partial charge is 0.227 e. The van der Waals surface area contributed by atoms with E-state index in [0.717, 1.165) is 0 Å². The molecule has 0 N–H and O–H groups in total. The fraction of sp³-hybridized carbons (Fsp3) is 0.500. The molecule has 1 rings (SSSR count). The van der Waals surface area contributed by atoms with Crippen LogP contribution >= 0.6 is 174 Å². The lowest BCUT2D eigenvalue weighted by Gasteiger charge is -2.37. The van der Waals surface area contributed by atoms with Gasteiger partial charge in [0.05, 0.1) is 0 Å². The molecule has 1 aromatic carbocycles. The van der Waals surface area contributed by atoms with Crippen LogP contribution < -0.4 is 0 Å². The van der Waals surface area contributed by atoms with Crippen molar-refractivity contribution in [2.45, 2.75) is 31.3 Å². The van der Waals surface area contributed by atoms with Gasteiger partial charge in [0.2, 0.25) is 11.4 Å². The summed E-state index contributed by atoms with van der Waals surface area (Å²) in [6, 6.07) is 2.51. The molecule has 29 heavy (non-hydrogen) atoms. The van der Waals surface area contributed by atoms with Crippen LogP contribution in [0.4, 0.5) is 0 Å². The monoisotopic (exact) mass is 699 g/mol. The Bertz CT molecular complexity index is 701. The van der Waals surface area contributed by atoms with Gasteiger partial charge in [-0.2, -0.15) is 0 Å². The molecule has 0 aromatic heterocycles. The van der Waals surface area contributed by atoms with Crippen LogP contribution in [0.25, 0.3) is 0 Å². The summed E-state index contributed by atoms with van der Waals surface area (Å²) >= 11 is 91.6. The summed E-state index contributed by atoms with van der Waals surface area (Å²) < 4.78 is -13.3. The fourth-order valence-electron chi connectivity index (χ4n) is 2.13. The Kier molecular flexibility index (Phi) is 10.5. The zero-order valence-electron chi connectivity index (χ0n) is 13.4. The van der Waals surface area contributed by atoms with Gasteiger partial charge in [-0.15, -0.1) is 0 Å². The van der Waals surface area contributed by atoms with E-state index in [9.17, 15) is 0 Å². The molecule has 167 valence electrons. The van der Waals surface area contributed by atoms with Crippen LogP contribution in [0.2, 0.25) is 0 Å². The fourth-order valence-corrected chi connectivity index (χ4v) is 3.92. The Morgan fingerprint density at radius 1 is 0.517 bits per heavy atom. The van der Waals surface area contributed by atoms with Crippen molar-refractivity contribution < 1.29 is 0 Å². The van der Waals surface area contributed by atoms with Gasteiger partial charge in [-0.1, -0.05) is 181 Å². The van der Waals surface area contributed by atoms with Crippen molar-refractivity contribution in [3.63, 3.8) is 0 Å². The van der Waals surface area contributed by atoms with Gasteiger partial charge < -0.3 is 0 Å². The number of alkyl halides is 15. The van der Waals surface area contributed by atoms with Gasteiger partial charge in [0, 0.05) is 0 Å². The third-order valence-electron chi connectivity index (χ3n) is 3.58. The zero-order chi connectivity index (χ0) is 23.4. The maximum Gasteiger partial charge on any atom is 0.227 e.